The van der Waals surface area contributed by atoms with E-state index < -0.39 is 0 Å². The Kier molecular flexibility index (Phi) is 2.54. The van der Waals surface area contributed by atoms with Crippen molar-refractivity contribution in [2.24, 2.45) is 0 Å². The normalized spacial score (nSPS) is 11.8. The van der Waals surface area contributed by atoms with Crippen LogP contribution in [0.4, 0.5) is 4.39 Å². The van der Waals surface area contributed by atoms with Crippen molar-refractivity contribution in [3.05, 3.63) is 42.0 Å². The van der Waals surface area contributed by atoms with Gasteiger partial charge in [0.05, 0.1) is 6.20 Å². The summed E-state index contributed by atoms with van der Waals surface area (Å²) >= 11 is 0. The van der Waals surface area contributed by atoms with Crippen LogP contribution in [0.1, 0.15) is 26.3 Å². The van der Waals surface area contributed by atoms with Crippen molar-refractivity contribution in [2.45, 2.75) is 26.2 Å². The van der Waals surface area contributed by atoms with Gasteiger partial charge in [-0.15, -0.1) is 0 Å². The Morgan fingerprint density at radius 1 is 1.19 bits per heavy atom. The fraction of sp³-hybridized carbons (Fsp3) is 0.308. The summed E-state index contributed by atoms with van der Waals surface area (Å²) in [6.07, 6.45) is 3.44. The van der Waals surface area contributed by atoms with Crippen LogP contribution in [0, 0.1) is 5.82 Å². The van der Waals surface area contributed by atoms with Crippen LogP contribution < -0.4 is 0 Å². The maximum Gasteiger partial charge on any atom is 0.127 e. The molecule has 3 heteroatoms. The molecule has 0 aliphatic carbocycles. The molecule has 0 aliphatic heterocycles. The molecule has 16 heavy (non-hydrogen) atoms. The van der Waals surface area contributed by atoms with E-state index in [9.17, 15) is 4.39 Å². The van der Waals surface area contributed by atoms with Crippen LogP contribution in [-0.4, -0.2) is 10.2 Å². The molecule has 1 N–H and O–H groups in total. The summed E-state index contributed by atoms with van der Waals surface area (Å²) in [7, 11) is 0. The number of aromatic amines is 1. The average Bonchev–Trinajstić information content (AvgIpc) is 2.68. The molecule has 1 aromatic carbocycles. The Morgan fingerprint density at radius 2 is 1.94 bits per heavy atom. The molecule has 0 spiro atoms. The SMILES string of the molecule is CC(C)(C)c1ccc(-c2cn[nH]c2)cc1F. The van der Waals surface area contributed by atoms with Gasteiger partial charge in [0.1, 0.15) is 5.82 Å². The summed E-state index contributed by atoms with van der Waals surface area (Å²) in [4.78, 5) is 0. The zero-order chi connectivity index (χ0) is 11.8. The maximum atomic E-state index is 13.9. The van der Waals surface area contributed by atoms with E-state index in [0.717, 1.165) is 16.7 Å². The average molecular weight is 218 g/mol. The van der Waals surface area contributed by atoms with Crippen LogP contribution in [0.2, 0.25) is 0 Å². The first-order valence-corrected chi connectivity index (χ1v) is 5.27. The molecule has 0 bridgehead atoms. The number of nitrogens with one attached hydrogen (secondary N) is 1. The lowest BCUT2D eigenvalue weighted by Gasteiger charge is -2.20. The smallest absolute Gasteiger partial charge is 0.127 e. The Morgan fingerprint density at radius 3 is 2.44 bits per heavy atom. The molecule has 0 atom stereocenters. The van der Waals surface area contributed by atoms with Crippen molar-refractivity contribution in [3.63, 3.8) is 0 Å². The van der Waals surface area contributed by atoms with E-state index in [1.165, 1.54) is 0 Å². The van der Waals surface area contributed by atoms with Crippen LogP contribution in [0.3, 0.4) is 0 Å². The van der Waals surface area contributed by atoms with Gasteiger partial charge in [-0.2, -0.15) is 5.10 Å². The predicted octanol–water partition coefficient (Wildman–Crippen LogP) is 3.51. The number of halogens is 1. The first-order valence-electron chi connectivity index (χ1n) is 5.27. The molecule has 0 radical (unpaired) electrons. The maximum absolute atomic E-state index is 13.9. The lowest BCUT2D eigenvalue weighted by Crippen LogP contribution is -2.13. The summed E-state index contributed by atoms with van der Waals surface area (Å²) in [6, 6.07) is 5.33. The van der Waals surface area contributed by atoms with Crippen LogP contribution in [-0.2, 0) is 5.41 Å². The van der Waals surface area contributed by atoms with Crippen LogP contribution in [0.5, 0.6) is 0 Å². The minimum atomic E-state index is -0.168. The molecular weight excluding hydrogens is 203 g/mol. The number of hydrogen-bond acceptors (Lipinski definition) is 1. The molecule has 2 rings (SSSR count). The van der Waals surface area contributed by atoms with Crippen molar-refractivity contribution >= 4 is 0 Å². The van der Waals surface area contributed by atoms with E-state index in [-0.39, 0.29) is 11.2 Å². The largest absolute Gasteiger partial charge is 0.285 e. The summed E-state index contributed by atoms with van der Waals surface area (Å²) in [5.74, 6) is -0.161. The van der Waals surface area contributed by atoms with E-state index in [4.69, 9.17) is 0 Å². The second-order valence-corrected chi connectivity index (χ2v) is 4.93. The zero-order valence-corrected chi connectivity index (χ0v) is 9.71. The molecule has 0 saturated heterocycles. The molecule has 1 aromatic heterocycles. The summed E-state index contributed by atoms with van der Waals surface area (Å²) in [5, 5.41) is 6.57. The van der Waals surface area contributed by atoms with Gasteiger partial charge >= 0.3 is 0 Å². The third-order valence-electron chi connectivity index (χ3n) is 2.61. The van der Waals surface area contributed by atoms with Crippen molar-refractivity contribution in [1.82, 2.24) is 10.2 Å². The quantitative estimate of drug-likeness (QED) is 0.779. The minimum Gasteiger partial charge on any atom is -0.285 e. The summed E-state index contributed by atoms with van der Waals surface area (Å²) in [6.45, 7) is 6.01. The second kappa shape index (κ2) is 3.74. The van der Waals surface area contributed by atoms with Gasteiger partial charge < -0.3 is 0 Å². The topological polar surface area (TPSA) is 28.7 Å². The summed E-state index contributed by atoms with van der Waals surface area (Å²) < 4.78 is 13.9. The zero-order valence-electron chi connectivity index (χ0n) is 9.71. The van der Waals surface area contributed by atoms with E-state index in [2.05, 4.69) is 10.2 Å². The van der Waals surface area contributed by atoms with Gasteiger partial charge in [0, 0.05) is 11.8 Å². The summed E-state index contributed by atoms with van der Waals surface area (Å²) in [5.41, 5.74) is 2.32. The van der Waals surface area contributed by atoms with Gasteiger partial charge in [0.25, 0.3) is 0 Å². The molecule has 0 saturated carbocycles. The number of aromatic nitrogens is 2. The Labute approximate surface area is 94.5 Å². The lowest BCUT2D eigenvalue weighted by molar-refractivity contribution is 0.523. The van der Waals surface area contributed by atoms with Crippen molar-refractivity contribution in [2.75, 3.05) is 0 Å². The van der Waals surface area contributed by atoms with E-state index >= 15 is 0 Å². The number of benzene rings is 1. The molecule has 2 aromatic rings. The third-order valence-corrected chi connectivity index (χ3v) is 2.61. The van der Waals surface area contributed by atoms with Crippen LogP contribution in [0.15, 0.2) is 30.6 Å². The first-order chi connectivity index (χ1) is 7.48. The van der Waals surface area contributed by atoms with E-state index in [1.807, 2.05) is 32.9 Å². The number of H-pyrrole nitrogens is 1. The van der Waals surface area contributed by atoms with Gasteiger partial charge in [-0.3, -0.25) is 5.10 Å². The highest BCUT2D eigenvalue weighted by Gasteiger charge is 2.18. The van der Waals surface area contributed by atoms with Gasteiger partial charge in [-0.1, -0.05) is 32.9 Å². The highest BCUT2D eigenvalue weighted by Crippen LogP contribution is 2.28. The first kappa shape index (κ1) is 10.9. The molecule has 0 fully saturated rings. The Hall–Kier alpha value is -1.64. The standard InChI is InChI=1S/C13H15FN2/c1-13(2,3)11-5-4-9(6-12(11)14)10-7-15-16-8-10/h4-8H,1-3H3,(H,15,16). The van der Waals surface area contributed by atoms with Crippen molar-refractivity contribution in [3.8, 4) is 11.1 Å². The number of nitrogens with zero attached hydrogens (tertiary/aromatic N) is 1. The molecule has 0 amide bonds. The number of rotatable bonds is 1. The van der Waals surface area contributed by atoms with Crippen molar-refractivity contribution < 1.29 is 4.39 Å². The molecule has 0 unspecified atom stereocenters. The Balaban J connectivity index is 2.45. The van der Waals surface area contributed by atoms with Crippen LogP contribution >= 0.6 is 0 Å². The molecule has 2 nitrogen and oxygen atoms in total. The van der Waals surface area contributed by atoms with Gasteiger partial charge in [0.15, 0.2) is 0 Å². The fourth-order valence-corrected chi connectivity index (χ4v) is 1.71. The van der Waals surface area contributed by atoms with Gasteiger partial charge in [-0.25, -0.2) is 4.39 Å². The highest BCUT2D eigenvalue weighted by molar-refractivity contribution is 5.62. The van der Waals surface area contributed by atoms with Gasteiger partial charge in [-0.05, 0) is 22.6 Å². The van der Waals surface area contributed by atoms with E-state index in [1.54, 1.807) is 18.5 Å². The second-order valence-electron chi connectivity index (χ2n) is 4.93. The monoisotopic (exact) mass is 218 g/mol. The minimum absolute atomic E-state index is 0.161. The molecule has 1 heterocycles. The van der Waals surface area contributed by atoms with Gasteiger partial charge in [0.2, 0.25) is 0 Å². The lowest BCUT2D eigenvalue weighted by atomic mass is 9.86. The van der Waals surface area contributed by atoms with Crippen LogP contribution in [0.25, 0.3) is 11.1 Å². The molecular formula is C13H15FN2. The van der Waals surface area contributed by atoms with Crippen molar-refractivity contribution in [1.29, 1.82) is 0 Å². The third kappa shape index (κ3) is 1.98. The number of hydrogen-bond donors (Lipinski definition) is 1. The molecule has 84 valence electrons. The highest BCUT2D eigenvalue weighted by atomic mass is 19.1. The predicted molar refractivity (Wildman–Crippen MR) is 62.7 cm³/mol. The fourth-order valence-electron chi connectivity index (χ4n) is 1.71. The Bertz CT molecular complexity index is 481. The molecule has 0 aliphatic rings. The van der Waals surface area contributed by atoms with E-state index in [0.29, 0.717) is 0 Å².